The van der Waals surface area contributed by atoms with Crippen molar-refractivity contribution >= 4 is 17.6 Å². The van der Waals surface area contributed by atoms with E-state index in [2.05, 4.69) is 15.0 Å². The first kappa shape index (κ1) is 25.3. The SMILES string of the molecule is CCOC(=O)c1cc(-c2ccc(N3CCN(C(=O)COCCOC)CC3)cc2)n(-c2ccccn2)n1. The van der Waals surface area contributed by atoms with Crippen molar-refractivity contribution < 1.29 is 23.8 Å². The smallest absolute Gasteiger partial charge is 0.358 e. The van der Waals surface area contributed by atoms with E-state index in [9.17, 15) is 9.59 Å². The van der Waals surface area contributed by atoms with Gasteiger partial charge in [0.25, 0.3) is 0 Å². The van der Waals surface area contributed by atoms with Gasteiger partial charge in [0.15, 0.2) is 11.5 Å². The number of carbonyl (C=O) groups is 2. The Morgan fingerprint density at radius 2 is 1.78 bits per heavy atom. The predicted octanol–water partition coefficient (Wildman–Crippen LogP) is 2.42. The van der Waals surface area contributed by atoms with Gasteiger partial charge in [0.1, 0.15) is 6.61 Å². The van der Waals surface area contributed by atoms with Gasteiger partial charge in [-0.15, -0.1) is 0 Å². The molecule has 3 aromatic rings. The molecule has 1 fully saturated rings. The molecule has 1 aliphatic rings. The molecule has 1 aliphatic heterocycles. The molecule has 1 aromatic carbocycles. The van der Waals surface area contributed by atoms with E-state index in [0.717, 1.165) is 30.0 Å². The Morgan fingerprint density at radius 1 is 1.00 bits per heavy atom. The molecule has 0 aliphatic carbocycles. The summed E-state index contributed by atoms with van der Waals surface area (Å²) in [6, 6.07) is 15.3. The third-order valence-electron chi connectivity index (χ3n) is 5.88. The van der Waals surface area contributed by atoms with Crippen molar-refractivity contribution in [2.75, 3.05) is 64.6 Å². The van der Waals surface area contributed by atoms with Crippen LogP contribution in [0.15, 0.2) is 54.7 Å². The normalized spacial score (nSPS) is 13.6. The highest BCUT2D eigenvalue weighted by Crippen LogP contribution is 2.27. The Morgan fingerprint density at radius 3 is 2.44 bits per heavy atom. The van der Waals surface area contributed by atoms with Crippen molar-refractivity contribution in [1.82, 2.24) is 19.7 Å². The van der Waals surface area contributed by atoms with Crippen LogP contribution in [0.5, 0.6) is 0 Å². The van der Waals surface area contributed by atoms with Crippen LogP contribution in [0.4, 0.5) is 5.69 Å². The number of carbonyl (C=O) groups excluding carboxylic acids is 2. The first-order chi connectivity index (χ1) is 17.6. The van der Waals surface area contributed by atoms with Gasteiger partial charge in [0.2, 0.25) is 5.91 Å². The van der Waals surface area contributed by atoms with Crippen LogP contribution in [0.25, 0.3) is 17.1 Å². The summed E-state index contributed by atoms with van der Waals surface area (Å²) in [5, 5.41) is 4.46. The zero-order valence-corrected chi connectivity index (χ0v) is 20.6. The van der Waals surface area contributed by atoms with Crippen LogP contribution in [0.2, 0.25) is 0 Å². The van der Waals surface area contributed by atoms with Crippen LogP contribution in [0.3, 0.4) is 0 Å². The van der Waals surface area contributed by atoms with Crippen molar-refractivity contribution in [2.24, 2.45) is 0 Å². The first-order valence-electron chi connectivity index (χ1n) is 12.0. The summed E-state index contributed by atoms with van der Waals surface area (Å²) < 4.78 is 17.1. The lowest BCUT2D eigenvalue weighted by atomic mass is 10.1. The maximum atomic E-state index is 12.3. The minimum atomic E-state index is -0.471. The quantitative estimate of drug-likeness (QED) is 0.314. The summed E-state index contributed by atoms with van der Waals surface area (Å²) in [4.78, 5) is 33.1. The summed E-state index contributed by atoms with van der Waals surface area (Å²) in [6.45, 7) is 5.77. The third-order valence-corrected chi connectivity index (χ3v) is 5.88. The van der Waals surface area contributed by atoms with E-state index < -0.39 is 5.97 Å². The summed E-state index contributed by atoms with van der Waals surface area (Å²) in [7, 11) is 1.60. The van der Waals surface area contributed by atoms with E-state index in [1.165, 1.54) is 0 Å². The average molecular weight is 494 g/mol. The zero-order chi connectivity index (χ0) is 25.3. The van der Waals surface area contributed by atoms with Crippen LogP contribution < -0.4 is 4.90 Å². The summed E-state index contributed by atoms with van der Waals surface area (Å²) in [5.41, 5.74) is 2.94. The number of piperazine rings is 1. The van der Waals surface area contributed by atoms with Crippen LogP contribution in [0.1, 0.15) is 17.4 Å². The molecule has 10 nitrogen and oxygen atoms in total. The lowest BCUT2D eigenvalue weighted by Crippen LogP contribution is -2.49. The predicted molar refractivity (Wildman–Crippen MR) is 134 cm³/mol. The molecular weight excluding hydrogens is 462 g/mol. The second-order valence-corrected chi connectivity index (χ2v) is 8.20. The first-order valence-corrected chi connectivity index (χ1v) is 12.0. The molecule has 0 radical (unpaired) electrons. The van der Waals surface area contributed by atoms with E-state index >= 15 is 0 Å². The maximum absolute atomic E-state index is 12.3. The molecule has 3 heterocycles. The summed E-state index contributed by atoms with van der Waals surface area (Å²) >= 11 is 0. The molecule has 4 rings (SSSR count). The highest BCUT2D eigenvalue weighted by Gasteiger charge is 2.22. The van der Waals surface area contributed by atoms with Crippen LogP contribution in [-0.4, -0.2) is 91.3 Å². The molecule has 10 heteroatoms. The summed E-state index contributed by atoms with van der Waals surface area (Å²) in [5.74, 6) is 0.141. The number of amides is 1. The third kappa shape index (κ3) is 6.07. The van der Waals surface area contributed by atoms with E-state index in [4.69, 9.17) is 14.2 Å². The van der Waals surface area contributed by atoms with Gasteiger partial charge >= 0.3 is 5.97 Å². The van der Waals surface area contributed by atoms with Gasteiger partial charge in [0, 0.05) is 50.7 Å². The van der Waals surface area contributed by atoms with Crippen molar-refractivity contribution in [1.29, 1.82) is 0 Å². The minimum Gasteiger partial charge on any atom is -0.461 e. The fourth-order valence-electron chi connectivity index (χ4n) is 4.00. The number of nitrogens with zero attached hydrogens (tertiary/aromatic N) is 5. The summed E-state index contributed by atoms with van der Waals surface area (Å²) in [6.07, 6.45) is 1.68. The van der Waals surface area contributed by atoms with Crippen molar-refractivity contribution in [2.45, 2.75) is 6.92 Å². The molecule has 1 amide bonds. The van der Waals surface area contributed by atoms with Crippen molar-refractivity contribution in [3.8, 4) is 17.1 Å². The number of rotatable bonds is 10. The van der Waals surface area contributed by atoms with Gasteiger partial charge < -0.3 is 24.0 Å². The van der Waals surface area contributed by atoms with Gasteiger partial charge in [-0.1, -0.05) is 18.2 Å². The molecule has 36 heavy (non-hydrogen) atoms. The van der Waals surface area contributed by atoms with E-state index in [1.54, 1.807) is 31.0 Å². The Kier molecular flexibility index (Phi) is 8.64. The molecule has 0 saturated carbocycles. The number of anilines is 1. The van der Waals surface area contributed by atoms with Crippen molar-refractivity contribution in [3.05, 3.63) is 60.4 Å². The van der Waals surface area contributed by atoms with Crippen LogP contribution >= 0.6 is 0 Å². The maximum Gasteiger partial charge on any atom is 0.358 e. The molecule has 2 aromatic heterocycles. The highest BCUT2D eigenvalue weighted by molar-refractivity contribution is 5.89. The standard InChI is InChI=1S/C26H31N5O5/c1-3-36-26(33)22-18-23(31(28-22)24-6-4-5-11-27-24)20-7-9-21(10-8-20)29-12-14-30(15-13-29)25(32)19-35-17-16-34-2/h4-11,18H,3,12-17,19H2,1-2H3. The number of benzene rings is 1. The van der Waals surface area contributed by atoms with E-state index in [-0.39, 0.29) is 24.8 Å². The largest absolute Gasteiger partial charge is 0.461 e. The monoisotopic (exact) mass is 493 g/mol. The Hall–Kier alpha value is -3.76. The molecule has 0 unspecified atom stereocenters. The fraction of sp³-hybridized carbons (Fsp3) is 0.385. The number of aromatic nitrogens is 3. The molecule has 0 N–H and O–H groups in total. The van der Waals surface area contributed by atoms with Crippen molar-refractivity contribution in [3.63, 3.8) is 0 Å². The average Bonchev–Trinajstić information content (AvgIpc) is 3.38. The number of hydrogen-bond acceptors (Lipinski definition) is 8. The van der Waals surface area contributed by atoms with Gasteiger partial charge in [-0.25, -0.2) is 14.5 Å². The molecule has 190 valence electrons. The highest BCUT2D eigenvalue weighted by atomic mass is 16.5. The second-order valence-electron chi connectivity index (χ2n) is 8.20. The lowest BCUT2D eigenvalue weighted by molar-refractivity contribution is -0.136. The Balaban J connectivity index is 1.45. The van der Waals surface area contributed by atoms with Gasteiger partial charge in [-0.05, 0) is 37.3 Å². The van der Waals surface area contributed by atoms with E-state index in [0.29, 0.717) is 32.1 Å². The molecule has 0 spiro atoms. The lowest BCUT2D eigenvalue weighted by Gasteiger charge is -2.36. The van der Waals surface area contributed by atoms with Crippen LogP contribution in [-0.2, 0) is 19.0 Å². The Labute approximate surface area is 210 Å². The molecular formula is C26H31N5O5. The second kappa shape index (κ2) is 12.3. The number of ether oxygens (including phenoxy) is 3. The number of pyridine rings is 1. The molecule has 1 saturated heterocycles. The van der Waals surface area contributed by atoms with Crippen LogP contribution in [0, 0.1) is 0 Å². The topological polar surface area (TPSA) is 99.0 Å². The van der Waals surface area contributed by atoms with Gasteiger partial charge in [-0.3, -0.25) is 4.79 Å². The fourth-order valence-corrected chi connectivity index (χ4v) is 4.00. The number of esters is 1. The molecule has 0 bridgehead atoms. The van der Waals surface area contributed by atoms with E-state index in [1.807, 2.05) is 47.4 Å². The number of methoxy groups -OCH3 is 1. The van der Waals surface area contributed by atoms with Gasteiger partial charge in [-0.2, -0.15) is 5.10 Å². The Bertz CT molecular complexity index is 1140. The molecule has 0 atom stereocenters. The zero-order valence-electron chi connectivity index (χ0n) is 20.6. The van der Waals surface area contributed by atoms with Gasteiger partial charge in [0.05, 0.1) is 25.5 Å². The number of hydrogen-bond donors (Lipinski definition) is 0. The minimum absolute atomic E-state index is 0.00119.